The second-order valence-corrected chi connectivity index (χ2v) is 4.67. The van der Waals surface area contributed by atoms with Crippen molar-refractivity contribution in [3.05, 3.63) is 52.8 Å². The van der Waals surface area contributed by atoms with Gasteiger partial charge in [-0.2, -0.15) is 5.10 Å². The molecule has 98 valence electrons. The Kier molecular flexibility index (Phi) is 4.02. The number of benzene rings is 1. The van der Waals surface area contributed by atoms with Gasteiger partial charge in [-0.3, -0.25) is 9.48 Å². The predicted molar refractivity (Wildman–Crippen MR) is 77.1 cm³/mol. The summed E-state index contributed by atoms with van der Waals surface area (Å²) in [4.78, 5) is 11.8. The van der Waals surface area contributed by atoms with Gasteiger partial charge in [0.1, 0.15) is 0 Å². The van der Waals surface area contributed by atoms with Crippen LogP contribution in [0.25, 0.3) is 6.08 Å². The average Bonchev–Trinajstić information content (AvgIpc) is 2.76. The third-order valence-electron chi connectivity index (χ3n) is 2.60. The van der Waals surface area contributed by atoms with Crippen LogP contribution in [0, 0.1) is 6.92 Å². The third kappa shape index (κ3) is 3.69. The highest BCUT2D eigenvalue weighted by Crippen LogP contribution is 2.19. The normalized spacial score (nSPS) is 10.9. The molecule has 19 heavy (non-hydrogen) atoms. The number of anilines is 1. The molecule has 1 aromatic heterocycles. The summed E-state index contributed by atoms with van der Waals surface area (Å²) < 4.78 is 1.68. The average molecular weight is 276 g/mol. The van der Waals surface area contributed by atoms with E-state index >= 15 is 0 Å². The lowest BCUT2D eigenvalue weighted by molar-refractivity contribution is -0.111. The molecule has 0 spiro atoms. The van der Waals surface area contributed by atoms with Gasteiger partial charge >= 0.3 is 0 Å². The van der Waals surface area contributed by atoms with E-state index in [1.165, 1.54) is 6.08 Å². The number of carbonyl (C=O) groups is 1. The highest BCUT2D eigenvalue weighted by molar-refractivity contribution is 6.30. The lowest BCUT2D eigenvalue weighted by Gasteiger charge is -2.06. The van der Waals surface area contributed by atoms with Crippen molar-refractivity contribution in [2.75, 3.05) is 5.32 Å². The van der Waals surface area contributed by atoms with Crippen molar-refractivity contribution >= 4 is 29.3 Å². The first-order valence-electron chi connectivity index (χ1n) is 5.78. The zero-order chi connectivity index (χ0) is 13.8. The van der Waals surface area contributed by atoms with Gasteiger partial charge < -0.3 is 5.32 Å². The highest BCUT2D eigenvalue weighted by Gasteiger charge is 2.02. The standard InChI is InChI=1S/C14H14ClN3O/c1-10-7-12(15)4-5-13(10)17-14(19)6-3-11-8-16-18(2)9-11/h3-9H,1-2H3,(H,17,19). The number of rotatable bonds is 3. The van der Waals surface area contributed by atoms with Gasteiger partial charge in [0, 0.05) is 35.6 Å². The molecule has 5 heteroatoms. The quantitative estimate of drug-likeness (QED) is 0.875. The molecule has 0 atom stereocenters. The van der Waals surface area contributed by atoms with Crippen LogP contribution in [0.3, 0.4) is 0 Å². The maximum Gasteiger partial charge on any atom is 0.248 e. The molecule has 2 aromatic rings. The van der Waals surface area contributed by atoms with Crippen LogP contribution in [0.4, 0.5) is 5.69 Å². The molecule has 0 bridgehead atoms. The molecule has 0 unspecified atom stereocenters. The number of aryl methyl sites for hydroxylation is 2. The molecule has 0 saturated carbocycles. The zero-order valence-corrected chi connectivity index (χ0v) is 11.5. The number of nitrogens with zero attached hydrogens (tertiary/aromatic N) is 2. The highest BCUT2D eigenvalue weighted by atomic mass is 35.5. The summed E-state index contributed by atoms with van der Waals surface area (Å²) in [7, 11) is 1.83. The molecule has 0 aliphatic carbocycles. The van der Waals surface area contributed by atoms with Gasteiger partial charge in [-0.25, -0.2) is 0 Å². The molecule has 1 N–H and O–H groups in total. The molecule has 1 heterocycles. The Morgan fingerprint density at radius 3 is 2.89 bits per heavy atom. The number of hydrogen-bond acceptors (Lipinski definition) is 2. The molecular formula is C14H14ClN3O. The Hall–Kier alpha value is -2.07. The van der Waals surface area contributed by atoms with Crippen molar-refractivity contribution < 1.29 is 4.79 Å². The molecule has 1 amide bonds. The van der Waals surface area contributed by atoms with Gasteiger partial charge in [0.05, 0.1) is 6.20 Å². The third-order valence-corrected chi connectivity index (χ3v) is 2.83. The summed E-state index contributed by atoms with van der Waals surface area (Å²) >= 11 is 5.86. The lowest BCUT2D eigenvalue weighted by Crippen LogP contribution is -2.08. The zero-order valence-electron chi connectivity index (χ0n) is 10.7. The second kappa shape index (κ2) is 5.71. The minimum Gasteiger partial charge on any atom is -0.322 e. The van der Waals surface area contributed by atoms with E-state index in [9.17, 15) is 4.79 Å². The van der Waals surface area contributed by atoms with Crippen molar-refractivity contribution in [2.45, 2.75) is 6.92 Å². The van der Waals surface area contributed by atoms with Crippen LogP contribution in [0.2, 0.25) is 5.02 Å². The van der Waals surface area contributed by atoms with Gasteiger partial charge in [-0.1, -0.05) is 11.6 Å². The summed E-state index contributed by atoms with van der Waals surface area (Å²) in [6.45, 7) is 1.90. The maximum absolute atomic E-state index is 11.8. The van der Waals surface area contributed by atoms with Crippen molar-refractivity contribution in [3.63, 3.8) is 0 Å². The smallest absolute Gasteiger partial charge is 0.248 e. The summed E-state index contributed by atoms with van der Waals surface area (Å²) in [5, 5.41) is 7.48. The Labute approximate surface area is 116 Å². The van der Waals surface area contributed by atoms with Crippen LogP contribution in [-0.2, 0) is 11.8 Å². The first-order valence-corrected chi connectivity index (χ1v) is 6.16. The van der Waals surface area contributed by atoms with Crippen LogP contribution >= 0.6 is 11.6 Å². The van der Waals surface area contributed by atoms with Crippen LogP contribution in [0.15, 0.2) is 36.7 Å². The fourth-order valence-corrected chi connectivity index (χ4v) is 1.87. The summed E-state index contributed by atoms with van der Waals surface area (Å²) in [5.41, 5.74) is 2.56. The Morgan fingerprint density at radius 2 is 2.26 bits per heavy atom. The van der Waals surface area contributed by atoms with Crippen molar-refractivity contribution in [2.24, 2.45) is 7.05 Å². The molecule has 4 nitrogen and oxygen atoms in total. The monoisotopic (exact) mass is 275 g/mol. The van der Waals surface area contributed by atoms with E-state index in [-0.39, 0.29) is 5.91 Å². The maximum atomic E-state index is 11.8. The van der Waals surface area contributed by atoms with E-state index in [1.807, 2.05) is 26.2 Å². The molecular weight excluding hydrogens is 262 g/mol. The number of halogens is 1. The number of hydrogen-bond donors (Lipinski definition) is 1. The van der Waals surface area contributed by atoms with E-state index < -0.39 is 0 Å². The van der Waals surface area contributed by atoms with Gasteiger partial charge in [0.15, 0.2) is 0 Å². The molecule has 2 rings (SSSR count). The van der Waals surface area contributed by atoms with Gasteiger partial charge in [0.2, 0.25) is 5.91 Å². The molecule has 0 fully saturated rings. The largest absolute Gasteiger partial charge is 0.322 e. The number of carbonyl (C=O) groups excluding carboxylic acids is 1. The minimum atomic E-state index is -0.186. The lowest BCUT2D eigenvalue weighted by atomic mass is 10.2. The molecule has 0 aliphatic rings. The molecule has 0 aliphatic heterocycles. The van der Waals surface area contributed by atoms with Gasteiger partial charge in [-0.15, -0.1) is 0 Å². The Balaban J connectivity index is 2.03. The van der Waals surface area contributed by atoms with Gasteiger partial charge in [-0.05, 0) is 36.8 Å². The van der Waals surface area contributed by atoms with Crippen LogP contribution in [-0.4, -0.2) is 15.7 Å². The first-order chi connectivity index (χ1) is 9.04. The van der Waals surface area contributed by atoms with Crippen molar-refractivity contribution in [3.8, 4) is 0 Å². The summed E-state index contributed by atoms with van der Waals surface area (Å²) in [5.74, 6) is -0.186. The van der Waals surface area contributed by atoms with E-state index in [0.29, 0.717) is 5.02 Å². The molecule has 0 saturated heterocycles. The second-order valence-electron chi connectivity index (χ2n) is 4.23. The van der Waals surface area contributed by atoms with E-state index in [0.717, 1.165) is 16.8 Å². The van der Waals surface area contributed by atoms with Crippen LogP contribution < -0.4 is 5.32 Å². The summed E-state index contributed by atoms with van der Waals surface area (Å²) in [6, 6.07) is 5.34. The summed E-state index contributed by atoms with van der Waals surface area (Å²) in [6.07, 6.45) is 6.72. The molecule has 0 radical (unpaired) electrons. The van der Waals surface area contributed by atoms with Crippen molar-refractivity contribution in [1.82, 2.24) is 9.78 Å². The SMILES string of the molecule is Cc1cc(Cl)ccc1NC(=O)C=Cc1cnn(C)c1. The van der Waals surface area contributed by atoms with E-state index in [1.54, 1.807) is 29.1 Å². The van der Waals surface area contributed by atoms with Crippen LogP contribution in [0.1, 0.15) is 11.1 Å². The number of nitrogens with one attached hydrogen (secondary N) is 1. The predicted octanol–water partition coefficient (Wildman–Crippen LogP) is 3.03. The first kappa shape index (κ1) is 13.4. The number of aromatic nitrogens is 2. The number of amides is 1. The minimum absolute atomic E-state index is 0.186. The Morgan fingerprint density at radius 1 is 1.47 bits per heavy atom. The van der Waals surface area contributed by atoms with E-state index in [4.69, 9.17) is 11.6 Å². The van der Waals surface area contributed by atoms with E-state index in [2.05, 4.69) is 10.4 Å². The topological polar surface area (TPSA) is 46.9 Å². The fourth-order valence-electron chi connectivity index (χ4n) is 1.64. The molecule has 1 aromatic carbocycles. The fraction of sp³-hybridized carbons (Fsp3) is 0.143. The van der Waals surface area contributed by atoms with Gasteiger partial charge in [0.25, 0.3) is 0 Å². The van der Waals surface area contributed by atoms with Crippen LogP contribution in [0.5, 0.6) is 0 Å². The van der Waals surface area contributed by atoms with Crippen molar-refractivity contribution in [1.29, 1.82) is 0 Å². The Bertz CT molecular complexity index is 631.